The first kappa shape index (κ1) is 18.1. The van der Waals surface area contributed by atoms with Crippen LogP contribution in [0.15, 0.2) is 30.3 Å². The van der Waals surface area contributed by atoms with Gasteiger partial charge in [-0.05, 0) is 5.56 Å². The summed E-state index contributed by atoms with van der Waals surface area (Å²) in [4.78, 5) is 22.4. The van der Waals surface area contributed by atoms with E-state index in [9.17, 15) is 36.3 Å². The lowest BCUT2D eigenvalue weighted by molar-refractivity contribution is -0.143. The maximum atomic E-state index is 12.9. The molecule has 2 unspecified atom stereocenters. The van der Waals surface area contributed by atoms with Crippen molar-refractivity contribution in [2.45, 2.75) is 23.6 Å². The second kappa shape index (κ2) is 6.07. The van der Waals surface area contributed by atoms with Gasteiger partial charge < -0.3 is 9.90 Å². The molecule has 1 aromatic carbocycles. The van der Waals surface area contributed by atoms with Crippen LogP contribution >= 0.6 is 0 Å². The molecular formula is C13H13F3O5S. The zero-order valence-electron chi connectivity index (χ0n) is 11.4. The summed E-state index contributed by atoms with van der Waals surface area (Å²) in [5.74, 6) is -4.11. The molecule has 5 nitrogen and oxygen atoms in total. The molecule has 0 saturated heterocycles. The quantitative estimate of drug-likeness (QED) is 0.799. The van der Waals surface area contributed by atoms with Crippen molar-refractivity contribution in [1.29, 1.82) is 0 Å². The minimum absolute atomic E-state index is 0.0615. The minimum Gasteiger partial charge on any atom is -0.480 e. The third-order valence-corrected chi connectivity index (χ3v) is 5.65. The molecule has 0 spiro atoms. The summed E-state index contributed by atoms with van der Waals surface area (Å²) in [5, 5.41) is 9.25. The molecule has 0 amide bonds. The standard InChI is InChI=1S/C13H13F3O5S/c1-9(8-17)12(11(18)19,22(20,21)13(14,15)16)7-10-5-3-2-4-6-10/h2-6,8-9H,7H2,1H3,(H,18,19). The zero-order valence-corrected chi connectivity index (χ0v) is 12.2. The molecule has 1 aromatic rings. The van der Waals surface area contributed by atoms with Gasteiger partial charge in [-0.25, -0.2) is 8.42 Å². The Labute approximate surface area is 124 Å². The normalized spacial score (nSPS) is 16.5. The summed E-state index contributed by atoms with van der Waals surface area (Å²) in [6.07, 6.45) is -1.06. The molecule has 0 radical (unpaired) electrons. The van der Waals surface area contributed by atoms with Crippen LogP contribution in [0.5, 0.6) is 0 Å². The van der Waals surface area contributed by atoms with Crippen molar-refractivity contribution in [3.63, 3.8) is 0 Å². The lowest BCUT2D eigenvalue weighted by Crippen LogP contribution is -2.58. The van der Waals surface area contributed by atoms with E-state index >= 15 is 0 Å². The fourth-order valence-corrected chi connectivity index (χ4v) is 3.65. The number of hydrogen-bond donors (Lipinski definition) is 1. The van der Waals surface area contributed by atoms with Crippen molar-refractivity contribution >= 4 is 22.1 Å². The van der Waals surface area contributed by atoms with Crippen molar-refractivity contribution in [3.05, 3.63) is 35.9 Å². The number of carboxylic acid groups (broad SMARTS) is 1. The SMILES string of the molecule is CC(C=O)C(Cc1ccccc1)(C(=O)O)S(=O)(=O)C(F)(F)F. The summed E-state index contributed by atoms with van der Waals surface area (Å²) >= 11 is 0. The minimum atomic E-state index is -6.14. The summed E-state index contributed by atoms with van der Waals surface area (Å²) in [6, 6.07) is 6.97. The molecule has 2 atom stereocenters. The number of halogens is 3. The van der Waals surface area contributed by atoms with Gasteiger partial charge in [0, 0.05) is 12.3 Å². The molecule has 0 aliphatic carbocycles. The van der Waals surface area contributed by atoms with E-state index in [1.54, 1.807) is 0 Å². The molecule has 0 aromatic heterocycles. The van der Waals surface area contributed by atoms with Crippen LogP contribution in [-0.2, 0) is 25.8 Å². The van der Waals surface area contributed by atoms with Crippen LogP contribution in [0.3, 0.4) is 0 Å². The Kier molecular flexibility index (Phi) is 5.01. The van der Waals surface area contributed by atoms with Crippen LogP contribution in [0.2, 0.25) is 0 Å². The first-order chi connectivity index (χ1) is 10.0. The number of hydrogen-bond acceptors (Lipinski definition) is 4. The average molecular weight is 338 g/mol. The van der Waals surface area contributed by atoms with E-state index < -0.39 is 38.4 Å². The van der Waals surface area contributed by atoms with Gasteiger partial charge in [-0.15, -0.1) is 0 Å². The Morgan fingerprint density at radius 3 is 2.14 bits per heavy atom. The molecule has 0 aliphatic rings. The third kappa shape index (κ3) is 2.85. The highest BCUT2D eigenvalue weighted by Gasteiger charge is 2.66. The number of alkyl halides is 3. The van der Waals surface area contributed by atoms with E-state index in [0.717, 1.165) is 6.92 Å². The fraction of sp³-hybridized carbons (Fsp3) is 0.385. The molecule has 9 heteroatoms. The molecule has 0 saturated carbocycles. The van der Waals surface area contributed by atoms with Crippen molar-refractivity contribution in [2.75, 3.05) is 0 Å². The smallest absolute Gasteiger partial charge is 0.480 e. The number of benzene rings is 1. The third-order valence-electron chi connectivity index (χ3n) is 3.40. The fourth-order valence-electron chi connectivity index (χ4n) is 2.10. The Balaban J connectivity index is 3.63. The number of aliphatic carboxylic acids is 1. The molecule has 0 fully saturated rings. The Morgan fingerprint density at radius 1 is 1.27 bits per heavy atom. The highest BCUT2D eigenvalue weighted by atomic mass is 32.2. The van der Waals surface area contributed by atoms with Gasteiger partial charge in [-0.1, -0.05) is 37.3 Å². The predicted molar refractivity (Wildman–Crippen MR) is 70.7 cm³/mol. The number of carboxylic acids is 1. The Morgan fingerprint density at radius 2 is 1.77 bits per heavy atom. The van der Waals surface area contributed by atoms with E-state index in [0.29, 0.717) is 0 Å². The second-order valence-corrected chi connectivity index (χ2v) is 6.93. The average Bonchev–Trinajstić information content (AvgIpc) is 2.43. The highest BCUT2D eigenvalue weighted by molar-refractivity contribution is 7.94. The van der Waals surface area contributed by atoms with E-state index in [1.165, 1.54) is 30.3 Å². The number of carbonyl (C=O) groups excluding carboxylic acids is 1. The van der Waals surface area contributed by atoms with Crippen molar-refractivity contribution < 1.29 is 36.3 Å². The zero-order chi connectivity index (χ0) is 17.2. The largest absolute Gasteiger partial charge is 0.498 e. The molecule has 1 rings (SSSR count). The second-order valence-electron chi connectivity index (χ2n) is 4.73. The van der Waals surface area contributed by atoms with Crippen LogP contribution in [0, 0.1) is 5.92 Å². The first-order valence-corrected chi connectivity index (χ1v) is 7.52. The molecule has 0 aliphatic heterocycles. The van der Waals surface area contributed by atoms with Gasteiger partial charge in [0.1, 0.15) is 6.29 Å². The van der Waals surface area contributed by atoms with Gasteiger partial charge >= 0.3 is 11.5 Å². The summed E-state index contributed by atoms with van der Waals surface area (Å²) in [5.41, 5.74) is -5.73. The number of aldehydes is 1. The van der Waals surface area contributed by atoms with Gasteiger partial charge in [-0.2, -0.15) is 13.2 Å². The van der Waals surface area contributed by atoms with Gasteiger partial charge in [0.25, 0.3) is 9.84 Å². The van der Waals surface area contributed by atoms with E-state index in [-0.39, 0.29) is 11.8 Å². The molecule has 122 valence electrons. The van der Waals surface area contributed by atoms with Crippen molar-refractivity contribution in [3.8, 4) is 0 Å². The van der Waals surface area contributed by atoms with Gasteiger partial charge in [-0.3, -0.25) is 4.79 Å². The van der Waals surface area contributed by atoms with Crippen molar-refractivity contribution in [2.24, 2.45) is 5.92 Å². The van der Waals surface area contributed by atoms with Gasteiger partial charge in [0.15, 0.2) is 4.75 Å². The predicted octanol–water partition coefficient (Wildman–Crippen LogP) is 1.82. The summed E-state index contributed by atoms with van der Waals surface area (Å²) in [6.45, 7) is 0.841. The first-order valence-electron chi connectivity index (χ1n) is 6.04. The lowest BCUT2D eigenvalue weighted by Gasteiger charge is -2.32. The van der Waals surface area contributed by atoms with Crippen LogP contribution in [-0.4, -0.2) is 36.0 Å². The van der Waals surface area contributed by atoms with Gasteiger partial charge in [0.05, 0.1) is 0 Å². The highest BCUT2D eigenvalue weighted by Crippen LogP contribution is 2.40. The molecule has 0 heterocycles. The van der Waals surface area contributed by atoms with Crippen LogP contribution in [0.4, 0.5) is 13.2 Å². The van der Waals surface area contributed by atoms with Crippen molar-refractivity contribution in [1.82, 2.24) is 0 Å². The summed E-state index contributed by atoms with van der Waals surface area (Å²) < 4.78 is 59.2. The molecular weight excluding hydrogens is 325 g/mol. The molecule has 22 heavy (non-hydrogen) atoms. The monoisotopic (exact) mass is 338 g/mol. The van der Waals surface area contributed by atoms with E-state index in [1.807, 2.05) is 0 Å². The number of rotatable bonds is 6. The maximum absolute atomic E-state index is 12.9. The molecule has 1 N–H and O–H groups in total. The number of sulfone groups is 1. The Bertz CT molecular complexity index is 654. The Hall–Kier alpha value is -1.90. The van der Waals surface area contributed by atoms with E-state index in [4.69, 9.17) is 0 Å². The van der Waals surface area contributed by atoms with Crippen LogP contribution < -0.4 is 0 Å². The topological polar surface area (TPSA) is 88.5 Å². The maximum Gasteiger partial charge on any atom is 0.498 e. The lowest BCUT2D eigenvalue weighted by atomic mass is 9.88. The number of carbonyl (C=O) groups is 2. The summed E-state index contributed by atoms with van der Waals surface area (Å²) in [7, 11) is -6.14. The van der Waals surface area contributed by atoms with E-state index in [2.05, 4.69) is 0 Å². The van der Waals surface area contributed by atoms with Gasteiger partial charge in [0.2, 0.25) is 0 Å². The van der Waals surface area contributed by atoms with Crippen LogP contribution in [0.1, 0.15) is 12.5 Å². The van der Waals surface area contributed by atoms with Crippen LogP contribution in [0.25, 0.3) is 0 Å². The molecule has 0 bridgehead atoms.